The first-order valence-electron chi connectivity index (χ1n) is 7.11. The Labute approximate surface area is 132 Å². The summed E-state index contributed by atoms with van der Waals surface area (Å²) in [6.07, 6.45) is 0.367. The van der Waals surface area contributed by atoms with Gasteiger partial charge in [-0.3, -0.25) is 9.69 Å². The van der Waals surface area contributed by atoms with Gasteiger partial charge in [0.1, 0.15) is 5.75 Å². The Morgan fingerprint density at radius 3 is 2.76 bits per heavy atom. The molecule has 0 unspecified atom stereocenters. The fourth-order valence-electron chi connectivity index (χ4n) is 2.37. The number of nitrogens with one attached hydrogen (secondary N) is 2. The number of benzene rings is 1. The molecule has 1 aromatic carbocycles. The molecule has 6 heteroatoms. The van der Waals surface area contributed by atoms with E-state index in [0.717, 1.165) is 44.0 Å². The molecule has 0 bridgehead atoms. The van der Waals surface area contributed by atoms with Crippen LogP contribution in [-0.4, -0.2) is 57.2 Å². The van der Waals surface area contributed by atoms with E-state index >= 15 is 0 Å². The lowest BCUT2D eigenvalue weighted by Gasteiger charge is -2.27. The second kappa shape index (κ2) is 9.60. The molecule has 0 aromatic heterocycles. The summed E-state index contributed by atoms with van der Waals surface area (Å²) >= 11 is 0. The Balaban J connectivity index is 0.00000220. The van der Waals surface area contributed by atoms with Crippen molar-refractivity contribution in [1.82, 2.24) is 15.5 Å². The molecule has 1 aromatic rings. The zero-order chi connectivity index (χ0) is 14.2. The number of piperazine rings is 1. The lowest BCUT2D eigenvalue weighted by molar-refractivity contribution is -0.120. The molecule has 0 spiro atoms. The third kappa shape index (κ3) is 5.91. The van der Waals surface area contributed by atoms with E-state index in [2.05, 4.69) is 15.5 Å². The quantitative estimate of drug-likeness (QED) is 0.811. The number of hydrogen-bond donors (Lipinski definition) is 2. The summed E-state index contributed by atoms with van der Waals surface area (Å²) in [5.74, 6) is 0.814. The fraction of sp³-hybridized carbons (Fsp3) is 0.533. The van der Waals surface area contributed by atoms with Gasteiger partial charge >= 0.3 is 0 Å². The van der Waals surface area contributed by atoms with Crippen molar-refractivity contribution in [2.75, 3.05) is 46.4 Å². The van der Waals surface area contributed by atoms with Gasteiger partial charge in [-0.15, -0.1) is 12.4 Å². The normalized spacial score (nSPS) is 15.1. The summed E-state index contributed by atoms with van der Waals surface area (Å²) < 4.78 is 5.25. The highest BCUT2D eigenvalue weighted by atomic mass is 35.5. The molecule has 2 rings (SSSR count). The molecular weight excluding hydrogens is 290 g/mol. The molecule has 1 amide bonds. The van der Waals surface area contributed by atoms with Crippen LogP contribution < -0.4 is 15.4 Å². The van der Waals surface area contributed by atoms with Crippen LogP contribution in [0.2, 0.25) is 0 Å². The molecule has 1 aliphatic rings. The van der Waals surface area contributed by atoms with E-state index in [4.69, 9.17) is 4.74 Å². The number of amides is 1. The highest BCUT2D eigenvalue weighted by molar-refractivity contribution is 5.85. The molecule has 1 aliphatic heterocycles. The summed E-state index contributed by atoms with van der Waals surface area (Å²) in [7, 11) is 1.63. The van der Waals surface area contributed by atoms with Gasteiger partial charge in [0.15, 0.2) is 0 Å². The summed E-state index contributed by atoms with van der Waals surface area (Å²) in [6, 6.07) is 7.63. The first-order valence-corrected chi connectivity index (χ1v) is 7.11. The zero-order valence-electron chi connectivity index (χ0n) is 12.4. The topological polar surface area (TPSA) is 53.6 Å². The van der Waals surface area contributed by atoms with Gasteiger partial charge in [-0.25, -0.2) is 0 Å². The van der Waals surface area contributed by atoms with E-state index in [-0.39, 0.29) is 18.3 Å². The van der Waals surface area contributed by atoms with Crippen LogP contribution in [0.25, 0.3) is 0 Å². The van der Waals surface area contributed by atoms with Crippen molar-refractivity contribution in [3.63, 3.8) is 0 Å². The monoisotopic (exact) mass is 313 g/mol. The van der Waals surface area contributed by atoms with Crippen LogP contribution >= 0.6 is 12.4 Å². The molecule has 0 aliphatic carbocycles. The Kier molecular flexibility index (Phi) is 8.12. The van der Waals surface area contributed by atoms with Gasteiger partial charge in [-0.1, -0.05) is 18.2 Å². The van der Waals surface area contributed by atoms with Gasteiger partial charge in [0.2, 0.25) is 5.91 Å². The summed E-state index contributed by atoms with van der Waals surface area (Å²) in [5.41, 5.74) is 0.926. The van der Waals surface area contributed by atoms with E-state index < -0.39 is 0 Å². The van der Waals surface area contributed by atoms with Crippen LogP contribution in [0, 0.1) is 0 Å². The van der Waals surface area contributed by atoms with Crippen molar-refractivity contribution in [2.45, 2.75) is 6.42 Å². The minimum Gasteiger partial charge on any atom is -0.496 e. The first-order chi connectivity index (χ1) is 9.79. The minimum absolute atomic E-state index is 0. The number of nitrogens with zero attached hydrogens (tertiary/aromatic N) is 1. The Bertz CT molecular complexity index is 437. The lowest BCUT2D eigenvalue weighted by Crippen LogP contribution is -2.46. The number of hydrogen-bond acceptors (Lipinski definition) is 4. The number of methoxy groups -OCH3 is 1. The maximum Gasteiger partial charge on any atom is 0.224 e. The summed E-state index contributed by atoms with van der Waals surface area (Å²) in [6.45, 7) is 5.81. The molecular formula is C15H24ClN3O2. The van der Waals surface area contributed by atoms with Crippen LogP contribution in [0.3, 0.4) is 0 Å². The predicted molar refractivity (Wildman–Crippen MR) is 86.3 cm³/mol. The van der Waals surface area contributed by atoms with E-state index in [1.54, 1.807) is 7.11 Å². The van der Waals surface area contributed by atoms with E-state index in [1.165, 1.54) is 0 Å². The molecule has 5 nitrogen and oxygen atoms in total. The number of carbonyl (C=O) groups is 1. The Hall–Kier alpha value is -1.30. The van der Waals surface area contributed by atoms with Crippen LogP contribution in [0.1, 0.15) is 5.56 Å². The van der Waals surface area contributed by atoms with Crippen molar-refractivity contribution in [2.24, 2.45) is 0 Å². The Morgan fingerprint density at radius 1 is 1.33 bits per heavy atom. The van der Waals surface area contributed by atoms with Crippen molar-refractivity contribution < 1.29 is 9.53 Å². The van der Waals surface area contributed by atoms with Gasteiger partial charge in [0.05, 0.1) is 13.5 Å². The Morgan fingerprint density at radius 2 is 2.05 bits per heavy atom. The van der Waals surface area contributed by atoms with Gasteiger partial charge in [0.25, 0.3) is 0 Å². The van der Waals surface area contributed by atoms with Gasteiger partial charge in [-0.05, 0) is 6.07 Å². The minimum atomic E-state index is 0. The molecule has 2 N–H and O–H groups in total. The SMILES string of the molecule is COc1ccccc1CC(=O)NCCN1CCNCC1.Cl. The maximum absolute atomic E-state index is 11.9. The predicted octanol–water partition coefficient (Wildman–Crippen LogP) is 0.681. The summed E-state index contributed by atoms with van der Waals surface area (Å²) in [5, 5.41) is 6.29. The number of carbonyl (C=O) groups excluding carboxylic acids is 1. The molecule has 21 heavy (non-hydrogen) atoms. The van der Waals surface area contributed by atoms with E-state index in [9.17, 15) is 4.79 Å². The van der Waals surface area contributed by atoms with Crippen molar-refractivity contribution in [3.8, 4) is 5.75 Å². The molecule has 0 atom stereocenters. The third-order valence-corrected chi connectivity index (χ3v) is 3.50. The highest BCUT2D eigenvalue weighted by Crippen LogP contribution is 2.17. The third-order valence-electron chi connectivity index (χ3n) is 3.50. The van der Waals surface area contributed by atoms with E-state index in [0.29, 0.717) is 13.0 Å². The molecule has 118 valence electrons. The van der Waals surface area contributed by atoms with Crippen molar-refractivity contribution in [1.29, 1.82) is 0 Å². The molecule has 1 heterocycles. The van der Waals surface area contributed by atoms with Crippen molar-refractivity contribution in [3.05, 3.63) is 29.8 Å². The van der Waals surface area contributed by atoms with Crippen LogP contribution in [-0.2, 0) is 11.2 Å². The van der Waals surface area contributed by atoms with Crippen LogP contribution in [0.4, 0.5) is 0 Å². The number of para-hydroxylation sites is 1. The van der Waals surface area contributed by atoms with Crippen LogP contribution in [0.15, 0.2) is 24.3 Å². The van der Waals surface area contributed by atoms with Gasteiger partial charge < -0.3 is 15.4 Å². The number of ether oxygens (including phenoxy) is 1. The first kappa shape index (κ1) is 17.8. The second-order valence-corrected chi connectivity index (χ2v) is 4.93. The maximum atomic E-state index is 11.9. The zero-order valence-corrected chi connectivity index (χ0v) is 13.2. The molecule has 0 saturated carbocycles. The summed E-state index contributed by atoms with van der Waals surface area (Å²) in [4.78, 5) is 14.3. The standard InChI is InChI=1S/C15H23N3O2.ClH/c1-20-14-5-3-2-4-13(14)12-15(19)17-8-11-18-9-6-16-7-10-18;/h2-5,16H,6-12H2,1H3,(H,17,19);1H. The average Bonchev–Trinajstić information content (AvgIpc) is 2.49. The average molecular weight is 314 g/mol. The van der Waals surface area contributed by atoms with E-state index in [1.807, 2.05) is 24.3 Å². The number of rotatable bonds is 6. The smallest absolute Gasteiger partial charge is 0.224 e. The van der Waals surface area contributed by atoms with Crippen molar-refractivity contribution >= 4 is 18.3 Å². The highest BCUT2D eigenvalue weighted by Gasteiger charge is 2.10. The van der Waals surface area contributed by atoms with Crippen LogP contribution in [0.5, 0.6) is 5.75 Å². The molecule has 0 radical (unpaired) electrons. The lowest BCUT2D eigenvalue weighted by atomic mass is 10.1. The van der Waals surface area contributed by atoms with Gasteiger partial charge in [-0.2, -0.15) is 0 Å². The largest absolute Gasteiger partial charge is 0.496 e. The van der Waals surface area contributed by atoms with Gasteiger partial charge in [0, 0.05) is 44.8 Å². The fourth-order valence-corrected chi connectivity index (χ4v) is 2.37. The molecule has 1 saturated heterocycles. The second-order valence-electron chi connectivity index (χ2n) is 4.93. The molecule has 1 fully saturated rings. The number of halogens is 1.